The molecular formula is C10H18N2O3S2. The second kappa shape index (κ2) is 5.58. The van der Waals surface area contributed by atoms with Crippen molar-refractivity contribution in [2.45, 2.75) is 24.9 Å². The Morgan fingerprint density at radius 2 is 2.24 bits per heavy atom. The third-order valence-corrected chi connectivity index (χ3v) is 5.93. The van der Waals surface area contributed by atoms with Crippen molar-refractivity contribution in [3.63, 3.8) is 0 Å². The van der Waals surface area contributed by atoms with Gasteiger partial charge in [-0.3, -0.25) is 4.79 Å². The first-order valence-corrected chi connectivity index (χ1v) is 8.86. The van der Waals surface area contributed by atoms with Crippen LogP contribution in [-0.2, 0) is 14.6 Å². The predicted octanol–water partition coefficient (Wildman–Crippen LogP) is -0.615. The van der Waals surface area contributed by atoms with E-state index in [-0.39, 0.29) is 29.5 Å². The summed E-state index contributed by atoms with van der Waals surface area (Å²) in [5.74, 6) is 2.10. The molecule has 0 aromatic heterocycles. The molecule has 98 valence electrons. The van der Waals surface area contributed by atoms with E-state index in [1.54, 1.807) is 11.8 Å². The van der Waals surface area contributed by atoms with Gasteiger partial charge in [0.15, 0.2) is 9.84 Å². The Balaban J connectivity index is 1.85. The van der Waals surface area contributed by atoms with Crippen molar-refractivity contribution >= 4 is 27.5 Å². The Kier molecular flexibility index (Phi) is 4.32. The smallest absolute Gasteiger partial charge is 0.238 e. The SMILES string of the molecule is O=C(NC1CCCS(=O)(=O)C1)C1CSCCN1. The molecule has 2 fully saturated rings. The predicted molar refractivity (Wildman–Crippen MR) is 68.9 cm³/mol. The lowest BCUT2D eigenvalue weighted by Gasteiger charge is -2.27. The van der Waals surface area contributed by atoms with E-state index < -0.39 is 9.84 Å². The van der Waals surface area contributed by atoms with Gasteiger partial charge in [-0.2, -0.15) is 11.8 Å². The monoisotopic (exact) mass is 278 g/mol. The van der Waals surface area contributed by atoms with E-state index in [0.717, 1.165) is 24.5 Å². The normalized spacial score (nSPS) is 32.9. The topological polar surface area (TPSA) is 75.3 Å². The number of amides is 1. The first kappa shape index (κ1) is 13.2. The maximum atomic E-state index is 11.9. The Morgan fingerprint density at radius 3 is 2.88 bits per heavy atom. The largest absolute Gasteiger partial charge is 0.351 e. The summed E-state index contributed by atoms with van der Waals surface area (Å²) in [7, 11) is -2.95. The second-order valence-corrected chi connectivity index (χ2v) is 7.92. The fourth-order valence-corrected chi connectivity index (χ4v) is 4.74. The summed E-state index contributed by atoms with van der Waals surface area (Å²) in [6.45, 7) is 0.839. The van der Waals surface area contributed by atoms with Crippen LogP contribution in [0.4, 0.5) is 0 Å². The van der Waals surface area contributed by atoms with Crippen LogP contribution in [-0.4, -0.2) is 56.0 Å². The fraction of sp³-hybridized carbons (Fsp3) is 0.900. The highest BCUT2D eigenvalue weighted by molar-refractivity contribution is 7.99. The highest BCUT2D eigenvalue weighted by Crippen LogP contribution is 2.13. The van der Waals surface area contributed by atoms with Gasteiger partial charge in [0.25, 0.3) is 0 Å². The van der Waals surface area contributed by atoms with Crippen LogP contribution in [0.1, 0.15) is 12.8 Å². The lowest BCUT2D eigenvalue weighted by molar-refractivity contribution is -0.123. The van der Waals surface area contributed by atoms with Crippen LogP contribution in [0.25, 0.3) is 0 Å². The summed E-state index contributed by atoms with van der Waals surface area (Å²) >= 11 is 1.75. The minimum atomic E-state index is -2.95. The summed E-state index contributed by atoms with van der Waals surface area (Å²) < 4.78 is 22.9. The Labute approximate surface area is 106 Å². The van der Waals surface area contributed by atoms with E-state index in [0.29, 0.717) is 6.42 Å². The van der Waals surface area contributed by atoms with E-state index in [2.05, 4.69) is 10.6 Å². The standard InChI is InChI=1S/C10H18N2O3S2/c13-10(9-6-16-4-3-11-9)12-8-2-1-5-17(14,15)7-8/h8-9,11H,1-7H2,(H,12,13). The van der Waals surface area contributed by atoms with Crippen molar-refractivity contribution in [1.29, 1.82) is 0 Å². The van der Waals surface area contributed by atoms with Gasteiger partial charge in [0.2, 0.25) is 5.91 Å². The summed E-state index contributed by atoms with van der Waals surface area (Å²) in [5.41, 5.74) is 0. The van der Waals surface area contributed by atoms with Crippen LogP contribution in [0.15, 0.2) is 0 Å². The van der Waals surface area contributed by atoms with Crippen LogP contribution in [0, 0.1) is 0 Å². The number of carbonyl (C=O) groups is 1. The molecular weight excluding hydrogens is 260 g/mol. The van der Waals surface area contributed by atoms with Crippen LogP contribution < -0.4 is 10.6 Å². The lowest BCUT2D eigenvalue weighted by atomic mass is 10.1. The van der Waals surface area contributed by atoms with Gasteiger partial charge < -0.3 is 10.6 Å². The molecule has 1 amide bonds. The van der Waals surface area contributed by atoms with Crippen molar-refractivity contribution in [2.75, 3.05) is 29.6 Å². The quantitative estimate of drug-likeness (QED) is 0.704. The average molecular weight is 278 g/mol. The van der Waals surface area contributed by atoms with E-state index in [9.17, 15) is 13.2 Å². The number of sulfone groups is 1. The van der Waals surface area contributed by atoms with Crippen LogP contribution in [0.2, 0.25) is 0 Å². The van der Waals surface area contributed by atoms with E-state index in [1.807, 2.05) is 0 Å². The number of hydrogen-bond acceptors (Lipinski definition) is 5. The van der Waals surface area contributed by atoms with Gasteiger partial charge in [-0.25, -0.2) is 8.42 Å². The average Bonchev–Trinajstić information content (AvgIpc) is 2.29. The maximum Gasteiger partial charge on any atom is 0.238 e. The Morgan fingerprint density at radius 1 is 1.41 bits per heavy atom. The van der Waals surface area contributed by atoms with Gasteiger partial charge in [0.05, 0.1) is 17.5 Å². The van der Waals surface area contributed by atoms with Crippen molar-refractivity contribution in [3.05, 3.63) is 0 Å². The molecule has 7 heteroatoms. The third kappa shape index (κ3) is 3.86. The van der Waals surface area contributed by atoms with Crippen LogP contribution in [0.3, 0.4) is 0 Å². The molecule has 0 bridgehead atoms. The molecule has 2 N–H and O–H groups in total. The van der Waals surface area contributed by atoms with Gasteiger partial charge in [-0.1, -0.05) is 0 Å². The molecule has 0 aliphatic carbocycles. The minimum Gasteiger partial charge on any atom is -0.351 e. The zero-order valence-electron chi connectivity index (χ0n) is 9.65. The van der Waals surface area contributed by atoms with E-state index in [4.69, 9.17) is 0 Å². The molecule has 0 radical (unpaired) electrons. The first-order valence-electron chi connectivity index (χ1n) is 5.89. The van der Waals surface area contributed by atoms with Gasteiger partial charge in [0, 0.05) is 24.1 Å². The molecule has 0 saturated carbocycles. The minimum absolute atomic E-state index is 0.0562. The van der Waals surface area contributed by atoms with Crippen molar-refractivity contribution in [3.8, 4) is 0 Å². The van der Waals surface area contributed by atoms with E-state index >= 15 is 0 Å². The van der Waals surface area contributed by atoms with Gasteiger partial charge in [0.1, 0.15) is 0 Å². The zero-order chi connectivity index (χ0) is 12.3. The van der Waals surface area contributed by atoms with Crippen molar-refractivity contribution in [2.24, 2.45) is 0 Å². The second-order valence-electron chi connectivity index (χ2n) is 4.54. The Bertz CT molecular complexity index is 377. The maximum absolute atomic E-state index is 11.9. The van der Waals surface area contributed by atoms with Crippen molar-refractivity contribution in [1.82, 2.24) is 10.6 Å². The number of thioether (sulfide) groups is 1. The summed E-state index contributed by atoms with van der Waals surface area (Å²) in [5, 5.41) is 6.00. The molecule has 0 aromatic carbocycles. The highest BCUT2D eigenvalue weighted by atomic mass is 32.2. The molecule has 2 aliphatic rings. The molecule has 17 heavy (non-hydrogen) atoms. The summed E-state index contributed by atoms with van der Waals surface area (Å²) in [6.07, 6.45) is 1.42. The molecule has 2 unspecified atom stereocenters. The van der Waals surface area contributed by atoms with Gasteiger partial charge in [-0.05, 0) is 12.8 Å². The molecule has 2 aliphatic heterocycles. The molecule has 2 atom stereocenters. The number of nitrogens with one attached hydrogen (secondary N) is 2. The molecule has 0 aromatic rings. The van der Waals surface area contributed by atoms with E-state index in [1.165, 1.54) is 0 Å². The molecule has 2 rings (SSSR count). The lowest BCUT2D eigenvalue weighted by Crippen LogP contribution is -2.53. The van der Waals surface area contributed by atoms with Gasteiger partial charge >= 0.3 is 0 Å². The Hall–Kier alpha value is -0.270. The number of carbonyl (C=O) groups excluding carboxylic acids is 1. The van der Waals surface area contributed by atoms with Crippen LogP contribution in [0.5, 0.6) is 0 Å². The number of rotatable bonds is 2. The summed E-state index contributed by atoms with van der Waals surface area (Å²) in [4.78, 5) is 11.9. The zero-order valence-corrected chi connectivity index (χ0v) is 11.3. The van der Waals surface area contributed by atoms with Crippen LogP contribution >= 0.6 is 11.8 Å². The molecule has 2 heterocycles. The third-order valence-electron chi connectivity index (χ3n) is 3.05. The van der Waals surface area contributed by atoms with Crippen molar-refractivity contribution < 1.29 is 13.2 Å². The molecule has 0 spiro atoms. The number of hydrogen-bond donors (Lipinski definition) is 2. The first-order chi connectivity index (χ1) is 8.07. The fourth-order valence-electron chi connectivity index (χ4n) is 2.17. The van der Waals surface area contributed by atoms with Gasteiger partial charge in [-0.15, -0.1) is 0 Å². The summed E-state index contributed by atoms with van der Waals surface area (Å²) in [6, 6.07) is -0.367. The molecule has 2 saturated heterocycles. The highest BCUT2D eigenvalue weighted by Gasteiger charge is 2.28. The molecule has 5 nitrogen and oxygen atoms in total.